The molecule has 0 saturated carbocycles. The van der Waals surface area contributed by atoms with Gasteiger partial charge in [0.1, 0.15) is 0 Å². The first kappa shape index (κ1) is 12.4. The Morgan fingerprint density at radius 3 is 2.31 bits per heavy atom. The number of nitrogens with two attached hydrogens (primary N) is 2. The molecule has 0 saturated heterocycles. The second-order valence-corrected chi connectivity index (χ2v) is 3.94. The number of primary amides is 1. The normalized spacial score (nSPS) is 13.2. The van der Waals surface area contributed by atoms with Gasteiger partial charge in [0.05, 0.1) is 0 Å². The fourth-order valence-electron chi connectivity index (χ4n) is 1.56. The molecule has 1 amide bonds. The Morgan fingerprint density at radius 2 is 1.92 bits per heavy atom. The highest BCUT2D eigenvalue weighted by atomic mass is 16.1. The average molecular weight is 186 g/mol. The average Bonchev–Trinajstić information content (AvgIpc) is 2.02. The van der Waals surface area contributed by atoms with E-state index in [2.05, 4.69) is 13.8 Å². The largest absolute Gasteiger partial charge is 0.370 e. The first-order valence-electron chi connectivity index (χ1n) is 5.06. The molecular formula is C10H22N2O. The summed E-state index contributed by atoms with van der Waals surface area (Å²) in [4.78, 5) is 10.5. The van der Waals surface area contributed by atoms with Crippen LogP contribution in [-0.4, -0.2) is 12.5 Å². The molecule has 4 N–H and O–H groups in total. The summed E-state index contributed by atoms with van der Waals surface area (Å²) in [7, 11) is 0. The molecule has 0 bridgehead atoms. The monoisotopic (exact) mass is 186 g/mol. The van der Waals surface area contributed by atoms with Crippen molar-refractivity contribution < 1.29 is 4.79 Å². The zero-order chi connectivity index (χ0) is 10.3. The van der Waals surface area contributed by atoms with Crippen molar-refractivity contribution in [3.05, 3.63) is 0 Å². The van der Waals surface area contributed by atoms with Gasteiger partial charge in [-0.15, -0.1) is 0 Å². The van der Waals surface area contributed by atoms with E-state index in [0.717, 1.165) is 25.8 Å². The van der Waals surface area contributed by atoms with Crippen LogP contribution in [0, 0.1) is 11.8 Å². The quantitative estimate of drug-likeness (QED) is 0.628. The lowest BCUT2D eigenvalue weighted by atomic mass is 9.88. The van der Waals surface area contributed by atoms with Gasteiger partial charge in [-0.3, -0.25) is 4.79 Å². The third-order valence-electron chi connectivity index (χ3n) is 2.48. The molecule has 1 unspecified atom stereocenters. The number of carbonyl (C=O) groups is 1. The maximum absolute atomic E-state index is 10.5. The zero-order valence-corrected chi connectivity index (χ0v) is 8.75. The Labute approximate surface area is 80.9 Å². The van der Waals surface area contributed by atoms with Crippen LogP contribution in [0.4, 0.5) is 0 Å². The molecule has 0 aliphatic heterocycles. The molecule has 3 nitrogen and oxygen atoms in total. The van der Waals surface area contributed by atoms with E-state index in [9.17, 15) is 4.79 Å². The van der Waals surface area contributed by atoms with E-state index in [1.165, 1.54) is 0 Å². The van der Waals surface area contributed by atoms with Gasteiger partial charge in [0.2, 0.25) is 5.91 Å². The lowest BCUT2D eigenvalue weighted by Crippen LogP contribution is -2.16. The van der Waals surface area contributed by atoms with Crippen molar-refractivity contribution in [1.29, 1.82) is 0 Å². The number of hydrogen-bond acceptors (Lipinski definition) is 2. The van der Waals surface area contributed by atoms with E-state index in [0.29, 0.717) is 18.3 Å². The molecule has 1 atom stereocenters. The SMILES string of the molecule is CC(C)C(CCN)CCCC(N)=O. The molecule has 0 aromatic rings. The van der Waals surface area contributed by atoms with Crippen LogP contribution in [0.2, 0.25) is 0 Å². The van der Waals surface area contributed by atoms with Gasteiger partial charge in [-0.05, 0) is 37.6 Å². The highest BCUT2D eigenvalue weighted by Crippen LogP contribution is 2.20. The van der Waals surface area contributed by atoms with Gasteiger partial charge < -0.3 is 11.5 Å². The number of carbonyl (C=O) groups excluding carboxylic acids is 1. The molecule has 78 valence electrons. The van der Waals surface area contributed by atoms with E-state index >= 15 is 0 Å². The Kier molecular flexibility index (Phi) is 6.59. The van der Waals surface area contributed by atoms with Crippen LogP contribution in [-0.2, 0) is 4.79 Å². The third-order valence-corrected chi connectivity index (χ3v) is 2.48. The van der Waals surface area contributed by atoms with E-state index in [1.54, 1.807) is 0 Å². The van der Waals surface area contributed by atoms with E-state index in [4.69, 9.17) is 11.5 Å². The molecule has 3 heteroatoms. The van der Waals surface area contributed by atoms with Crippen molar-refractivity contribution in [3.63, 3.8) is 0 Å². The Hall–Kier alpha value is -0.570. The van der Waals surface area contributed by atoms with Crippen LogP contribution < -0.4 is 11.5 Å². The van der Waals surface area contributed by atoms with Crippen LogP contribution >= 0.6 is 0 Å². The first-order valence-corrected chi connectivity index (χ1v) is 5.06. The topological polar surface area (TPSA) is 69.1 Å². The fraction of sp³-hybridized carbons (Fsp3) is 0.900. The van der Waals surface area contributed by atoms with Crippen molar-refractivity contribution in [2.45, 2.75) is 39.5 Å². The van der Waals surface area contributed by atoms with E-state index in [1.807, 2.05) is 0 Å². The summed E-state index contributed by atoms with van der Waals surface area (Å²) < 4.78 is 0. The maximum atomic E-state index is 10.5. The van der Waals surface area contributed by atoms with Crippen molar-refractivity contribution in [2.75, 3.05) is 6.54 Å². The number of hydrogen-bond donors (Lipinski definition) is 2. The van der Waals surface area contributed by atoms with E-state index in [-0.39, 0.29) is 5.91 Å². The molecule has 0 spiro atoms. The first-order chi connectivity index (χ1) is 6.07. The van der Waals surface area contributed by atoms with Crippen LogP contribution in [0.3, 0.4) is 0 Å². The Bertz CT molecular complexity index is 146. The van der Waals surface area contributed by atoms with Gasteiger partial charge in [0, 0.05) is 6.42 Å². The summed E-state index contributed by atoms with van der Waals surface area (Å²) >= 11 is 0. The summed E-state index contributed by atoms with van der Waals surface area (Å²) in [6.07, 6.45) is 3.53. The molecular weight excluding hydrogens is 164 g/mol. The van der Waals surface area contributed by atoms with Gasteiger partial charge in [0.25, 0.3) is 0 Å². The zero-order valence-electron chi connectivity index (χ0n) is 8.75. The summed E-state index contributed by atoms with van der Waals surface area (Å²) in [6, 6.07) is 0. The fourth-order valence-corrected chi connectivity index (χ4v) is 1.56. The Balaban J connectivity index is 3.62. The Morgan fingerprint density at radius 1 is 1.31 bits per heavy atom. The van der Waals surface area contributed by atoms with Crippen molar-refractivity contribution >= 4 is 5.91 Å². The van der Waals surface area contributed by atoms with Gasteiger partial charge in [-0.25, -0.2) is 0 Å². The summed E-state index contributed by atoms with van der Waals surface area (Å²) in [6.45, 7) is 5.13. The van der Waals surface area contributed by atoms with Gasteiger partial charge in [-0.2, -0.15) is 0 Å². The minimum absolute atomic E-state index is 0.199. The van der Waals surface area contributed by atoms with Gasteiger partial charge >= 0.3 is 0 Å². The minimum atomic E-state index is -0.199. The summed E-state index contributed by atoms with van der Waals surface area (Å²) in [5, 5.41) is 0. The van der Waals surface area contributed by atoms with Gasteiger partial charge in [0.15, 0.2) is 0 Å². The lowest BCUT2D eigenvalue weighted by Gasteiger charge is -2.19. The van der Waals surface area contributed by atoms with E-state index < -0.39 is 0 Å². The minimum Gasteiger partial charge on any atom is -0.370 e. The molecule has 0 heterocycles. The number of amides is 1. The van der Waals surface area contributed by atoms with Crippen LogP contribution in [0.5, 0.6) is 0 Å². The third kappa shape index (κ3) is 6.58. The smallest absolute Gasteiger partial charge is 0.217 e. The summed E-state index contributed by atoms with van der Waals surface area (Å²) in [5.74, 6) is 1.09. The van der Waals surface area contributed by atoms with Crippen LogP contribution in [0.25, 0.3) is 0 Å². The highest BCUT2D eigenvalue weighted by molar-refractivity contribution is 5.73. The molecule has 0 rings (SSSR count). The van der Waals surface area contributed by atoms with Crippen LogP contribution in [0.1, 0.15) is 39.5 Å². The van der Waals surface area contributed by atoms with Gasteiger partial charge in [-0.1, -0.05) is 13.8 Å². The lowest BCUT2D eigenvalue weighted by molar-refractivity contribution is -0.118. The number of rotatable bonds is 7. The maximum Gasteiger partial charge on any atom is 0.217 e. The second-order valence-electron chi connectivity index (χ2n) is 3.94. The molecule has 0 aliphatic rings. The predicted molar refractivity (Wildman–Crippen MR) is 55.0 cm³/mol. The molecule has 0 fully saturated rings. The molecule has 0 radical (unpaired) electrons. The highest BCUT2D eigenvalue weighted by Gasteiger charge is 2.12. The van der Waals surface area contributed by atoms with Crippen molar-refractivity contribution in [2.24, 2.45) is 23.3 Å². The predicted octanol–water partition coefficient (Wildman–Crippen LogP) is 1.26. The molecule has 13 heavy (non-hydrogen) atoms. The molecule has 0 aliphatic carbocycles. The standard InChI is InChI=1S/C10H22N2O/c1-8(2)9(6-7-11)4-3-5-10(12)13/h8-9H,3-7,11H2,1-2H3,(H2,12,13). The van der Waals surface area contributed by atoms with Crippen LogP contribution in [0.15, 0.2) is 0 Å². The van der Waals surface area contributed by atoms with Crippen molar-refractivity contribution in [3.8, 4) is 0 Å². The molecule has 0 aromatic heterocycles. The second kappa shape index (κ2) is 6.89. The summed E-state index contributed by atoms with van der Waals surface area (Å²) in [5.41, 5.74) is 10.6. The van der Waals surface area contributed by atoms with Crippen molar-refractivity contribution in [1.82, 2.24) is 0 Å². The molecule has 0 aromatic carbocycles.